The van der Waals surface area contributed by atoms with Gasteiger partial charge in [-0.25, -0.2) is 4.79 Å². The van der Waals surface area contributed by atoms with Gasteiger partial charge in [0, 0.05) is 1.37 Å². The molecule has 0 bridgehead atoms. The molecule has 0 amide bonds. The molecule has 0 atom stereocenters. The predicted octanol–water partition coefficient (Wildman–Crippen LogP) is 2.27. The lowest BCUT2D eigenvalue weighted by atomic mass is 10.2. The fourth-order valence-electron chi connectivity index (χ4n) is 1.09. The van der Waals surface area contributed by atoms with Crippen LogP contribution >= 0.6 is 0 Å². The quantitative estimate of drug-likeness (QED) is 0.728. The van der Waals surface area contributed by atoms with Crippen molar-refractivity contribution in [3.63, 3.8) is 0 Å². The molecule has 4 nitrogen and oxygen atoms in total. The Morgan fingerprint density at radius 1 is 1.50 bits per heavy atom. The lowest BCUT2D eigenvalue weighted by molar-refractivity contribution is 0.0526. The van der Waals surface area contributed by atoms with Crippen LogP contribution in [0.5, 0.6) is 11.5 Å². The van der Waals surface area contributed by atoms with E-state index in [0.29, 0.717) is 0 Å². The highest BCUT2D eigenvalue weighted by atomic mass is 16.5. The molecule has 0 spiro atoms. The van der Waals surface area contributed by atoms with Gasteiger partial charge < -0.3 is 14.2 Å². The van der Waals surface area contributed by atoms with E-state index in [-0.39, 0.29) is 23.7 Å². The molecule has 1 rings (SSSR count). The second kappa shape index (κ2) is 6.00. The highest BCUT2D eigenvalue weighted by Gasteiger charge is 2.11. The first-order chi connectivity index (χ1) is 10.1. The average Bonchev–Trinajstić information content (AvgIpc) is 2.39. The largest absolute Gasteiger partial charge is 0.493 e. The Bertz CT molecular complexity index is 529. The third kappa shape index (κ3) is 2.89. The number of hydrogen-bond acceptors (Lipinski definition) is 4. The summed E-state index contributed by atoms with van der Waals surface area (Å²) in [6.07, 6.45) is 0. The molecule has 88 valence electrons. The Morgan fingerprint density at radius 3 is 3.06 bits per heavy atom. The van der Waals surface area contributed by atoms with E-state index >= 15 is 0 Å². The van der Waals surface area contributed by atoms with Crippen LogP contribution in [0.25, 0.3) is 0 Å². The second-order valence-corrected chi connectivity index (χ2v) is 2.73. The molecule has 0 fully saturated rings. The van der Waals surface area contributed by atoms with Crippen LogP contribution in [0.15, 0.2) is 18.2 Å². The monoisotopic (exact) mass is 230 g/mol. The van der Waals surface area contributed by atoms with Crippen molar-refractivity contribution in [3.8, 4) is 11.5 Å². The minimum absolute atomic E-state index is 0.0514. The zero-order chi connectivity index (χ0) is 17.0. The summed E-state index contributed by atoms with van der Waals surface area (Å²) in [5, 5.41) is 0. The number of methoxy groups -OCH3 is 1. The van der Waals surface area contributed by atoms with Crippen LogP contribution in [0, 0.1) is 0 Å². The van der Waals surface area contributed by atoms with Gasteiger partial charge in [0.2, 0.25) is 0 Å². The van der Waals surface area contributed by atoms with E-state index in [9.17, 15) is 4.79 Å². The van der Waals surface area contributed by atoms with Gasteiger partial charge in [-0.2, -0.15) is 0 Å². The summed E-state index contributed by atoms with van der Waals surface area (Å²) in [5.41, 5.74) is 0.0514. The zero-order valence-electron chi connectivity index (χ0n) is 14.8. The van der Waals surface area contributed by atoms with Crippen LogP contribution in [0.4, 0.5) is 0 Å². The van der Waals surface area contributed by atoms with Crippen molar-refractivity contribution < 1.29 is 27.2 Å². The summed E-state index contributed by atoms with van der Waals surface area (Å²) in [6, 6.07) is 3.57. The molecule has 1 aromatic rings. The minimum Gasteiger partial charge on any atom is -0.493 e. The number of hydrogen-bond donors (Lipinski definition) is 0. The number of esters is 1. The fraction of sp³-hybridized carbons (Fsp3) is 0.417. The fourth-order valence-corrected chi connectivity index (χ4v) is 1.09. The van der Waals surface area contributed by atoms with Crippen molar-refractivity contribution in [1.29, 1.82) is 0 Å². The highest BCUT2D eigenvalue weighted by molar-refractivity contribution is 5.90. The van der Waals surface area contributed by atoms with Gasteiger partial charge in [-0.1, -0.05) is 0 Å². The molecule has 0 aliphatic carbocycles. The molecule has 0 heterocycles. The Morgan fingerprint density at radius 2 is 2.38 bits per heavy atom. The van der Waals surface area contributed by atoms with Crippen molar-refractivity contribution in [1.82, 2.24) is 0 Å². The van der Waals surface area contributed by atoms with E-state index in [2.05, 4.69) is 0 Å². The van der Waals surface area contributed by atoms with E-state index in [1.165, 1.54) is 12.1 Å². The molecule has 0 aliphatic rings. The molecule has 0 saturated carbocycles. The summed E-state index contributed by atoms with van der Waals surface area (Å²) >= 11 is 0. The van der Waals surface area contributed by atoms with E-state index in [4.69, 9.17) is 22.4 Å². The molecular weight excluding hydrogens is 208 g/mol. The van der Waals surface area contributed by atoms with E-state index < -0.39 is 26.5 Å². The predicted molar refractivity (Wildman–Crippen MR) is 60.1 cm³/mol. The van der Waals surface area contributed by atoms with Crippen molar-refractivity contribution >= 4 is 5.97 Å². The Balaban J connectivity index is 3.19. The summed E-state index contributed by atoms with van der Waals surface area (Å²) in [6.45, 7) is -1.31. The first-order valence-electron chi connectivity index (χ1n) is 7.77. The van der Waals surface area contributed by atoms with Crippen LogP contribution in [-0.2, 0) is 4.74 Å². The standard InChI is InChI=1S/C12H16O4/c1-4-15-11-8-9(12(13)16-5-2)6-7-10(11)14-3/h6-8H,4-5H2,1-3H3/i1D,3D3,4D2. The van der Waals surface area contributed by atoms with Gasteiger partial charge in [0.25, 0.3) is 0 Å². The molecule has 0 radical (unpaired) electrons. The maximum atomic E-state index is 11.7. The van der Waals surface area contributed by atoms with Gasteiger partial charge in [-0.05, 0) is 32.0 Å². The first kappa shape index (κ1) is 6.13. The second-order valence-electron chi connectivity index (χ2n) is 2.73. The van der Waals surface area contributed by atoms with Crippen molar-refractivity contribution in [3.05, 3.63) is 23.8 Å². The summed E-state index contributed by atoms with van der Waals surface area (Å²) < 4.78 is 57.7. The highest BCUT2D eigenvalue weighted by Crippen LogP contribution is 2.28. The summed E-state index contributed by atoms with van der Waals surface area (Å²) in [4.78, 5) is 11.7. The first-order valence-corrected chi connectivity index (χ1v) is 4.56. The molecule has 0 aliphatic heterocycles. The molecule has 0 N–H and O–H groups in total. The lowest BCUT2D eigenvalue weighted by Crippen LogP contribution is -2.05. The lowest BCUT2D eigenvalue weighted by Gasteiger charge is -2.10. The molecule has 16 heavy (non-hydrogen) atoms. The van der Waals surface area contributed by atoms with Gasteiger partial charge >= 0.3 is 5.97 Å². The third-order valence-corrected chi connectivity index (χ3v) is 1.75. The smallest absolute Gasteiger partial charge is 0.338 e. The zero-order valence-corrected chi connectivity index (χ0v) is 8.78. The molecule has 0 saturated heterocycles. The minimum atomic E-state index is -2.77. The summed E-state index contributed by atoms with van der Waals surface area (Å²) in [7, 11) is -2.77. The van der Waals surface area contributed by atoms with Crippen molar-refractivity contribution in [2.75, 3.05) is 20.2 Å². The van der Waals surface area contributed by atoms with Gasteiger partial charge in [0.05, 0.1) is 32.6 Å². The van der Waals surface area contributed by atoms with Gasteiger partial charge in [-0.3, -0.25) is 0 Å². The summed E-state index contributed by atoms with van der Waals surface area (Å²) in [5.74, 6) is -1.22. The Kier molecular flexibility index (Phi) is 2.30. The van der Waals surface area contributed by atoms with Crippen LogP contribution in [0.1, 0.15) is 32.4 Å². The van der Waals surface area contributed by atoms with E-state index in [1.54, 1.807) is 6.92 Å². The molecule has 0 unspecified atom stereocenters. The molecule has 0 aromatic heterocycles. The normalized spacial score (nSPS) is 16.8. The SMILES string of the molecule is [2H]CC([2H])([2H])Oc1cc(C(=O)OCC)ccc1OC([2H])([2H])[2H]. The van der Waals surface area contributed by atoms with Crippen molar-refractivity contribution in [2.45, 2.75) is 13.8 Å². The van der Waals surface area contributed by atoms with E-state index in [1.807, 2.05) is 0 Å². The number of benzene rings is 1. The Hall–Kier alpha value is -1.71. The van der Waals surface area contributed by atoms with E-state index in [0.717, 1.165) is 6.07 Å². The molecular formula is C12H16O4. The number of rotatable bonds is 5. The maximum absolute atomic E-state index is 11.7. The van der Waals surface area contributed by atoms with Gasteiger partial charge in [0.1, 0.15) is 0 Å². The van der Waals surface area contributed by atoms with Crippen LogP contribution in [-0.4, -0.2) is 26.2 Å². The number of carbonyl (C=O) groups is 1. The number of ether oxygens (including phenoxy) is 3. The van der Waals surface area contributed by atoms with Crippen LogP contribution in [0.3, 0.4) is 0 Å². The average molecular weight is 230 g/mol. The van der Waals surface area contributed by atoms with Gasteiger partial charge in [0.15, 0.2) is 11.5 Å². The van der Waals surface area contributed by atoms with Gasteiger partial charge in [-0.15, -0.1) is 0 Å². The maximum Gasteiger partial charge on any atom is 0.338 e. The third-order valence-electron chi connectivity index (χ3n) is 1.75. The number of carbonyl (C=O) groups excluding carboxylic acids is 1. The Labute approximate surface area is 104 Å². The van der Waals surface area contributed by atoms with Crippen LogP contribution < -0.4 is 9.47 Å². The molecule has 1 aromatic carbocycles. The topological polar surface area (TPSA) is 44.8 Å². The molecule has 4 heteroatoms. The van der Waals surface area contributed by atoms with Crippen molar-refractivity contribution in [2.24, 2.45) is 0 Å². The van der Waals surface area contributed by atoms with Crippen LogP contribution in [0.2, 0.25) is 0 Å².